The van der Waals surface area contributed by atoms with Crippen molar-refractivity contribution in [2.75, 3.05) is 6.54 Å². The van der Waals surface area contributed by atoms with E-state index in [-0.39, 0.29) is 6.04 Å². The quantitative estimate of drug-likeness (QED) is 0.910. The maximum absolute atomic E-state index is 6.19. The fourth-order valence-corrected chi connectivity index (χ4v) is 2.44. The molecular formula is C13H16ClN3S. The predicted octanol–water partition coefficient (Wildman–Crippen LogP) is 3.59. The van der Waals surface area contributed by atoms with Crippen LogP contribution in [0.25, 0.3) is 0 Å². The minimum absolute atomic E-state index is 0.0711. The van der Waals surface area contributed by atoms with Gasteiger partial charge in [-0.05, 0) is 48.6 Å². The lowest BCUT2D eigenvalue weighted by atomic mass is 10.0. The molecule has 0 saturated carbocycles. The fourth-order valence-electron chi connectivity index (χ4n) is 1.77. The van der Waals surface area contributed by atoms with Crippen LogP contribution in [0.1, 0.15) is 36.2 Å². The van der Waals surface area contributed by atoms with Crippen molar-refractivity contribution in [2.45, 2.75) is 26.3 Å². The first kappa shape index (κ1) is 13.5. The van der Waals surface area contributed by atoms with E-state index in [1.807, 2.05) is 24.4 Å². The Bertz CT molecular complexity index is 499. The largest absolute Gasteiger partial charge is 0.305 e. The molecule has 0 spiro atoms. The van der Waals surface area contributed by atoms with Crippen LogP contribution in [0, 0.1) is 6.92 Å². The number of aryl methyl sites for hydroxylation is 1. The molecule has 0 fully saturated rings. The van der Waals surface area contributed by atoms with E-state index in [0.29, 0.717) is 0 Å². The maximum Gasteiger partial charge on any atom is 0.0970 e. The van der Waals surface area contributed by atoms with Crippen LogP contribution >= 0.6 is 23.1 Å². The molecule has 0 aliphatic rings. The highest BCUT2D eigenvalue weighted by atomic mass is 35.5. The fraction of sp³-hybridized carbons (Fsp3) is 0.385. The van der Waals surface area contributed by atoms with E-state index in [9.17, 15) is 0 Å². The molecule has 3 nitrogen and oxygen atoms in total. The summed E-state index contributed by atoms with van der Waals surface area (Å²) in [6.07, 6.45) is 1.08. The smallest absolute Gasteiger partial charge is 0.0970 e. The number of hydrogen-bond donors (Lipinski definition) is 1. The van der Waals surface area contributed by atoms with Crippen LogP contribution in [0.2, 0.25) is 5.02 Å². The number of halogens is 1. The molecule has 1 aromatic heterocycles. The van der Waals surface area contributed by atoms with Gasteiger partial charge in [0.05, 0.1) is 11.7 Å². The third kappa shape index (κ3) is 3.07. The summed E-state index contributed by atoms with van der Waals surface area (Å²) in [5, 5.41) is 10.4. The topological polar surface area (TPSA) is 37.8 Å². The predicted molar refractivity (Wildman–Crippen MR) is 76.2 cm³/mol. The molecule has 2 rings (SSSR count). The molecule has 1 unspecified atom stereocenters. The first-order valence-electron chi connectivity index (χ1n) is 5.98. The Hall–Kier alpha value is -0.970. The molecule has 0 aliphatic carbocycles. The van der Waals surface area contributed by atoms with Gasteiger partial charge in [0.15, 0.2) is 0 Å². The summed E-state index contributed by atoms with van der Waals surface area (Å²) >= 11 is 7.56. The molecule has 0 radical (unpaired) electrons. The molecule has 0 amide bonds. The molecule has 18 heavy (non-hydrogen) atoms. The third-order valence-corrected chi connectivity index (χ3v) is 3.73. The van der Waals surface area contributed by atoms with Crippen molar-refractivity contribution < 1.29 is 0 Å². The molecule has 0 saturated heterocycles. The molecule has 96 valence electrons. The van der Waals surface area contributed by atoms with Gasteiger partial charge in [-0.3, -0.25) is 0 Å². The Morgan fingerprint density at radius 3 is 2.89 bits per heavy atom. The van der Waals surface area contributed by atoms with Gasteiger partial charge in [0.2, 0.25) is 0 Å². The monoisotopic (exact) mass is 281 g/mol. The van der Waals surface area contributed by atoms with Gasteiger partial charge in [-0.2, -0.15) is 0 Å². The Kier molecular flexibility index (Phi) is 4.69. The zero-order valence-corrected chi connectivity index (χ0v) is 12.1. The van der Waals surface area contributed by atoms with Crippen molar-refractivity contribution >= 4 is 23.1 Å². The van der Waals surface area contributed by atoms with Gasteiger partial charge in [-0.15, -0.1) is 5.10 Å². The van der Waals surface area contributed by atoms with E-state index in [1.165, 1.54) is 11.5 Å². The molecule has 1 aromatic carbocycles. The van der Waals surface area contributed by atoms with Crippen molar-refractivity contribution in [2.24, 2.45) is 0 Å². The summed E-state index contributed by atoms with van der Waals surface area (Å²) in [5.41, 5.74) is 3.17. The van der Waals surface area contributed by atoms with Crippen molar-refractivity contribution in [3.8, 4) is 0 Å². The number of nitrogens with one attached hydrogen (secondary N) is 1. The van der Waals surface area contributed by atoms with E-state index in [4.69, 9.17) is 11.6 Å². The zero-order valence-electron chi connectivity index (χ0n) is 10.5. The highest BCUT2D eigenvalue weighted by molar-refractivity contribution is 7.03. The average Bonchev–Trinajstić information content (AvgIpc) is 2.88. The van der Waals surface area contributed by atoms with E-state index >= 15 is 0 Å². The lowest BCUT2D eigenvalue weighted by molar-refractivity contribution is 0.585. The van der Waals surface area contributed by atoms with E-state index in [2.05, 4.69) is 27.9 Å². The lowest BCUT2D eigenvalue weighted by Crippen LogP contribution is -2.23. The number of benzene rings is 1. The molecule has 0 aliphatic heterocycles. The summed E-state index contributed by atoms with van der Waals surface area (Å²) in [6.45, 7) is 5.09. The first-order valence-corrected chi connectivity index (χ1v) is 7.20. The summed E-state index contributed by atoms with van der Waals surface area (Å²) in [6, 6.07) is 6.21. The standard InChI is InChI=1S/C13H16ClN3S/c1-3-6-15-13(12-8-18-17-16-12)10-5-4-9(2)11(14)7-10/h4-5,7-8,13,15H,3,6H2,1-2H3. The number of nitrogens with zero attached hydrogens (tertiary/aromatic N) is 2. The summed E-state index contributed by atoms with van der Waals surface area (Å²) in [5.74, 6) is 0. The second kappa shape index (κ2) is 6.27. The molecule has 2 aromatic rings. The van der Waals surface area contributed by atoms with Gasteiger partial charge in [0.25, 0.3) is 0 Å². The highest BCUT2D eigenvalue weighted by Crippen LogP contribution is 2.25. The normalized spacial score (nSPS) is 12.6. The van der Waals surface area contributed by atoms with Crippen LogP contribution in [0.3, 0.4) is 0 Å². The van der Waals surface area contributed by atoms with Gasteiger partial charge >= 0.3 is 0 Å². The van der Waals surface area contributed by atoms with Gasteiger partial charge in [0.1, 0.15) is 0 Å². The van der Waals surface area contributed by atoms with Crippen molar-refractivity contribution in [1.29, 1.82) is 0 Å². The Morgan fingerprint density at radius 1 is 1.44 bits per heavy atom. The number of rotatable bonds is 5. The van der Waals surface area contributed by atoms with Crippen molar-refractivity contribution in [3.63, 3.8) is 0 Å². The zero-order chi connectivity index (χ0) is 13.0. The van der Waals surface area contributed by atoms with Crippen molar-refractivity contribution in [1.82, 2.24) is 14.9 Å². The summed E-state index contributed by atoms with van der Waals surface area (Å²) < 4.78 is 3.94. The summed E-state index contributed by atoms with van der Waals surface area (Å²) in [4.78, 5) is 0. The molecule has 5 heteroatoms. The van der Waals surface area contributed by atoms with Crippen LogP contribution in [0.4, 0.5) is 0 Å². The average molecular weight is 282 g/mol. The Balaban J connectivity index is 2.30. The molecule has 1 atom stereocenters. The molecule has 1 heterocycles. The van der Waals surface area contributed by atoms with Gasteiger partial charge in [-0.1, -0.05) is 35.1 Å². The second-order valence-electron chi connectivity index (χ2n) is 4.23. The minimum Gasteiger partial charge on any atom is -0.305 e. The first-order chi connectivity index (χ1) is 8.72. The maximum atomic E-state index is 6.19. The number of aromatic nitrogens is 2. The van der Waals surface area contributed by atoms with Gasteiger partial charge in [0, 0.05) is 10.4 Å². The minimum atomic E-state index is 0.0711. The van der Waals surface area contributed by atoms with Gasteiger partial charge in [-0.25, -0.2) is 0 Å². The SMILES string of the molecule is CCCNC(c1ccc(C)c(Cl)c1)c1csnn1. The van der Waals surface area contributed by atoms with Crippen LogP contribution in [0.15, 0.2) is 23.6 Å². The summed E-state index contributed by atoms with van der Waals surface area (Å²) in [7, 11) is 0. The van der Waals surface area contributed by atoms with E-state index in [0.717, 1.165) is 34.8 Å². The number of hydrogen-bond acceptors (Lipinski definition) is 4. The molecule has 1 N–H and O–H groups in total. The Labute approximate surface area is 116 Å². The third-order valence-electron chi connectivity index (χ3n) is 2.80. The van der Waals surface area contributed by atoms with Crippen molar-refractivity contribution in [3.05, 3.63) is 45.4 Å². The van der Waals surface area contributed by atoms with Crippen LogP contribution in [-0.4, -0.2) is 16.1 Å². The molecular weight excluding hydrogens is 266 g/mol. The molecule has 0 bridgehead atoms. The highest BCUT2D eigenvalue weighted by Gasteiger charge is 2.16. The van der Waals surface area contributed by atoms with E-state index < -0.39 is 0 Å². The van der Waals surface area contributed by atoms with E-state index in [1.54, 1.807) is 0 Å². The van der Waals surface area contributed by atoms with Crippen LogP contribution in [-0.2, 0) is 0 Å². The van der Waals surface area contributed by atoms with Gasteiger partial charge < -0.3 is 5.32 Å². The van der Waals surface area contributed by atoms with Crippen LogP contribution < -0.4 is 5.32 Å². The Morgan fingerprint density at radius 2 is 2.28 bits per heavy atom. The second-order valence-corrected chi connectivity index (χ2v) is 5.24. The van der Waals surface area contributed by atoms with Crippen LogP contribution in [0.5, 0.6) is 0 Å². The lowest BCUT2D eigenvalue weighted by Gasteiger charge is -2.17.